The van der Waals surface area contributed by atoms with Crippen LogP contribution in [0.2, 0.25) is 0 Å². The summed E-state index contributed by atoms with van der Waals surface area (Å²) < 4.78 is 45.1. The Kier molecular flexibility index (Phi) is 7.70. The van der Waals surface area contributed by atoms with E-state index < -0.39 is 17.6 Å². The van der Waals surface area contributed by atoms with Crippen LogP contribution in [0.25, 0.3) is 6.08 Å². The fourth-order valence-electron chi connectivity index (χ4n) is 3.52. The number of thioether (sulfide) groups is 1. The average Bonchev–Trinajstić information content (AvgIpc) is 3.12. The van der Waals surface area contributed by atoms with E-state index >= 15 is 0 Å². The lowest BCUT2D eigenvalue weighted by atomic mass is 10.1. The summed E-state index contributed by atoms with van der Waals surface area (Å²) in [5, 5.41) is 2.78. The molecule has 1 aliphatic rings. The number of carbonyl (C=O) groups excluding carboxylic acids is 2. The molecule has 37 heavy (non-hydrogen) atoms. The number of benzene rings is 3. The molecule has 0 aromatic heterocycles. The van der Waals surface area contributed by atoms with Gasteiger partial charge in [-0.25, -0.2) is 0 Å². The van der Waals surface area contributed by atoms with Gasteiger partial charge in [-0.1, -0.05) is 48.2 Å². The molecule has 0 unspecified atom stereocenters. The van der Waals surface area contributed by atoms with E-state index in [1.54, 1.807) is 30.3 Å². The number of alkyl halides is 3. The molecule has 0 bridgehead atoms. The van der Waals surface area contributed by atoms with E-state index in [2.05, 4.69) is 5.32 Å². The van der Waals surface area contributed by atoms with Crippen molar-refractivity contribution in [3.63, 3.8) is 0 Å². The zero-order chi connectivity index (χ0) is 26.7. The summed E-state index contributed by atoms with van der Waals surface area (Å²) in [6.07, 6.45) is -2.96. The summed E-state index contributed by atoms with van der Waals surface area (Å²) in [5.41, 5.74) is 2.65. The summed E-state index contributed by atoms with van der Waals surface area (Å²) in [5.74, 6) is -0.429. The largest absolute Gasteiger partial charge is 0.484 e. The Balaban J connectivity index is 1.44. The van der Waals surface area contributed by atoms with E-state index in [4.69, 9.17) is 17.0 Å². The van der Waals surface area contributed by atoms with Gasteiger partial charge in [0.25, 0.3) is 11.8 Å². The normalized spacial score (nSPS) is 14.8. The van der Waals surface area contributed by atoms with Gasteiger partial charge in [-0.3, -0.25) is 14.5 Å². The molecular formula is C27H21F3N2O3S2. The lowest BCUT2D eigenvalue weighted by Crippen LogP contribution is -2.27. The summed E-state index contributed by atoms with van der Waals surface area (Å²) in [7, 11) is 0. The quantitative estimate of drug-likeness (QED) is 0.276. The summed E-state index contributed by atoms with van der Waals surface area (Å²) in [4.78, 5) is 26.6. The van der Waals surface area contributed by atoms with Crippen LogP contribution < -0.4 is 15.0 Å². The number of amides is 2. The van der Waals surface area contributed by atoms with Crippen molar-refractivity contribution in [1.29, 1.82) is 0 Å². The number of ether oxygens (including phenoxy) is 1. The molecule has 0 radical (unpaired) electrons. The van der Waals surface area contributed by atoms with Crippen LogP contribution in [-0.4, -0.2) is 22.7 Å². The maximum absolute atomic E-state index is 13.1. The highest BCUT2D eigenvalue weighted by atomic mass is 32.2. The van der Waals surface area contributed by atoms with E-state index in [1.165, 1.54) is 12.1 Å². The van der Waals surface area contributed by atoms with Gasteiger partial charge in [-0.2, -0.15) is 13.2 Å². The minimum absolute atomic E-state index is 0.0487. The first-order chi connectivity index (χ1) is 17.5. The number of hydrogen-bond acceptors (Lipinski definition) is 5. The van der Waals surface area contributed by atoms with Crippen molar-refractivity contribution < 1.29 is 27.5 Å². The molecular weight excluding hydrogens is 521 g/mol. The number of aryl methyl sites for hydroxylation is 2. The smallest absolute Gasteiger partial charge is 0.416 e. The van der Waals surface area contributed by atoms with Gasteiger partial charge in [0, 0.05) is 5.69 Å². The van der Waals surface area contributed by atoms with Crippen LogP contribution in [0.4, 0.5) is 24.5 Å². The topological polar surface area (TPSA) is 58.6 Å². The molecule has 0 saturated carbocycles. The minimum Gasteiger partial charge on any atom is -0.484 e. The van der Waals surface area contributed by atoms with Gasteiger partial charge in [0.2, 0.25) is 0 Å². The highest BCUT2D eigenvalue weighted by Crippen LogP contribution is 2.38. The number of halogens is 3. The van der Waals surface area contributed by atoms with E-state index in [9.17, 15) is 22.8 Å². The summed E-state index contributed by atoms with van der Waals surface area (Å²) in [6, 6.07) is 16.8. The monoisotopic (exact) mass is 542 g/mol. The molecule has 190 valence electrons. The number of rotatable bonds is 6. The molecule has 0 spiro atoms. The molecule has 0 aliphatic carbocycles. The number of anilines is 2. The van der Waals surface area contributed by atoms with Crippen LogP contribution in [0.3, 0.4) is 0 Å². The summed E-state index contributed by atoms with van der Waals surface area (Å²) in [6.45, 7) is 3.73. The number of carbonyl (C=O) groups is 2. The van der Waals surface area contributed by atoms with Crippen molar-refractivity contribution >= 4 is 57.6 Å². The Hall–Kier alpha value is -3.63. The van der Waals surface area contributed by atoms with Gasteiger partial charge in [0.1, 0.15) is 5.75 Å². The molecule has 2 amide bonds. The number of hydrogen-bond donors (Lipinski definition) is 1. The molecule has 1 saturated heterocycles. The Labute approximate surface area is 221 Å². The highest BCUT2D eigenvalue weighted by molar-refractivity contribution is 8.27. The lowest BCUT2D eigenvalue weighted by molar-refractivity contribution is -0.137. The minimum atomic E-state index is -4.54. The van der Waals surface area contributed by atoms with E-state index in [1.807, 2.05) is 32.0 Å². The molecule has 4 rings (SSSR count). The van der Waals surface area contributed by atoms with Gasteiger partial charge in [0.05, 0.1) is 16.2 Å². The number of thiocarbonyl (C=S) groups is 1. The zero-order valence-electron chi connectivity index (χ0n) is 19.8. The maximum Gasteiger partial charge on any atom is 0.416 e. The highest BCUT2D eigenvalue weighted by Gasteiger charge is 2.36. The standard InChI is InChI=1S/C27H21F3N2O3S2/c1-16-9-10-20(11-17(16)2)31-24(33)15-35-22-8-3-5-18(12-22)13-23-25(34)32(26(36)37-23)21-7-4-6-19(14-21)27(28,29)30/h3-14H,15H2,1-2H3,(H,31,33)/b23-13-. The third-order valence-electron chi connectivity index (χ3n) is 5.54. The molecule has 3 aromatic carbocycles. The van der Waals surface area contributed by atoms with Crippen molar-refractivity contribution in [2.45, 2.75) is 20.0 Å². The summed E-state index contributed by atoms with van der Waals surface area (Å²) >= 11 is 6.27. The van der Waals surface area contributed by atoms with E-state index in [-0.39, 0.29) is 27.4 Å². The van der Waals surface area contributed by atoms with Crippen LogP contribution in [-0.2, 0) is 15.8 Å². The Morgan fingerprint density at radius 2 is 1.81 bits per heavy atom. The Morgan fingerprint density at radius 3 is 2.54 bits per heavy atom. The molecule has 1 aliphatic heterocycles. The van der Waals surface area contributed by atoms with Crippen LogP contribution in [0.5, 0.6) is 5.75 Å². The van der Waals surface area contributed by atoms with Crippen LogP contribution in [0.15, 0.2) is 71.6 Å². The zero-order valence-corrected chi connectivity index (χ0v) is 21.4. The van der Waals surface area contributed by atoms with Gasteiger partial charge in [-0.05, 0) is 79.1 Å². The first-order valence-electron chi connectivity index (χ1n) is 11.1. The van der Waals surface area contributed by atoms with E-state index in [0.717, 1.165) is 39.9 Å². The van der Waals surface area contributed by atoms with Gasteiger partial charge >= 0.3 is 6.18 Å². The van der Waals surface area contributed by atoms with Crippen LogP contribution in [0.1, 0.15) is 22.3 Å². The van der Waals surface area contributed by atoms with E-state index in [0.29, 0.717) is 17.0 Å². The third-order valence-corrected chi connectivity index (χ3v) is 6.84. The first-order valence-corrected chi connectivity index (χ1v) is 12.3. The van der Waals surface area contributed by atoms with Gasteiger partial charge in [0.15, 0.2) is 10.9 Å². The molecule has 5 nitrogen and oxygen atoms in total. The van der Waals surface area contributed by atoms with Gasteiger partial charge < -0.3 is 10.1 Å². The molecule has 1 N–H and O–H groups in total. The predicted molar refractivity (Wildman–Crippen MR) is 144 cm³/mol. The lowest BCUT2D eigenvalue weighted by Gasteiger charge is -2.16. The van der Waals surface area contributed by atoms with Crippen molar-refractivity contribution in [1.82, 2.24) is 0 Å². The van der Waals surface area contributed by atoms with Crippen molar-refractivity contribution in [2.24, 2.45) is 0 Å². The second-order valence-corrected chi connectivity index (χ2v) is 9.95. The Morgan fingerprint density at radius 1 is 1.05 bits per heavy atom. The number of nitrogens with zero attached hydrogens (tertiary/aromatic N) is 1. The fraction of sp³-hybridized carbons (Fsp3) is 0.148. The SMILES string of the molecule is Cc1ccc(NC(=O)COc2cccc(/C=C3\SC(=S)N(c4cccc(C(F)(F)F)c4)C3=O)c2)cc1C. The van der Waals surface area contributed by atoms with Crippen LogP contribution in [0, 0.1) is 13.8 Å². The van der Waals surface area contributed by atoms with Crippen molar-refractivity contribution in [3.8, 4) is 5.75 Å². The fourth-order valence-corrected chi connectivity index (χ4v) is 4.82. The second-order valence-electron chi connectivity index (χ2n) is 8.27. The predicted octanol–water partition coefficient (Wildman–Crippen LogP) is 6.75. The second kappa shape index (κ2) is 10.8. The third kappa shape index (κ3) is 6.39. The molecule has 1 fully saturated rings. The maximum atomic E-state index is 13.1. The van der Waals surface area contributed by atoms with Crippen LogP contribution >= 0.6 is 24.0 Å². The molecule has 0 atom stereocenters. The van der Waals surface area contributed by atoms with Crippen molar-refractivity contribution in [3.05, 3.63) is 93.9 Å². The van der Waals surface area contributed by atoms with Crippen molar-refractivity contribution in [2.75, 3.05) is 16.8 Å². The van der Waals surface area contributed by atoms with Gasteiger partial charge in [-0.15, -0.1) is 0 Å². The first kappa shape index (κ1) is 26.4. The number of nitrogens with one attached hydrogen (secondary N) is 1. The molecule has 3 aromatic rings. The molecule has 1 heterocycles. The molecule has 10 heteroatoms. The Bertz CT molecular complexity index is 1420. The average molecular weight is 543 g/mol.